The first-order valence-corrected chi connectivity index (χ1v) is 4.51. The molecule has 0 radical (unpaired) electrons. The van der Waals surface area contributed by atoms with E-state index in [1.807, 2.05) is 5.32 Å². The summed E-state index contributed by atoms with van der Waals surface area (Å²) in [5.74, 6) is 0. The fourth-order valence-corrected chi connectivity index (χ4v) is 1.50. The van der Waals surface area contributed by atoms with E-state index in [1.54, 1.807) is 18.2 Å². The number of benzene rings is 1. The zero-order valence-electron chi connectivity index (χ0n) is 6.82. The van der Waals surface area contributed by atoms with Crippen molar-refractivity contribution in [3.63, 3.8) is 0 Å². The summed E-state index contributed by atoms with van der Waals surface area (Å²) in [6.07, 6.45) is -1.20. The van der Waals surface area contributed by atoms with Crippen LogP contribution in [-0.2, 0) is 0 Å². The molecule has 0 atom stereocenters. The third-order valence-corrected chi connectivity index (χ3v) is 2.22. The van der Waals surface area contributed by atoms with Crippen molar-refractivity contribution >= 4 is 39.1 Å². The summed E-state index contributed by atoms with van der Waals surface area (Å²) >= 11 is 3.28. The van der Waals surface area contributed by atoms with Crippen LogP contribution in [0.2, 0.25) is 0 Å². The van der Waals surface area contributed by atoms with E-state index in [0.717, 1.165) is 4.47 Å². The highest BCUT2D eigenvalue weighted by Crippen LogP contribution is 2.25. The number of para-hydroxylation sites is 1. The van der Waals surface area contributed by atoms with Gasteiger partial charge in [0.15, 0.2) is 5.58 Å². The molecule has 1 amide bonds. The average Bonchev–Trinajstić information content (AvgIpc) is 2.47. The second kappa shape index (κ2) is 3.30. The van der Waals surface area contributed by atoms with Gasteiger partial charge in [-0.2, -0.15) is 4.98 Å². The number of carbonyl (C=O) groups is 1. The van der Waals surface area contributed by atoms with E-state index in [9.17, 15) is 4.79 Å². The van der Waals surface area contributed by atoms with E-state index >= 15 is 0 Å². The summed E-state index contributed by atoms with van der Waals surface area (Å²) in [5, 5.41) is 10.5. The molecule has 0 aliphatic rings. The van der Waals surface area contributed by atoms with Crippen LogP contribution < -0.4 is 5.32 Å². The number of halogens is 1. The highest BCUT2D eigenvalue weighted by atomic mass is 79.9. The number of nitrogens with zero attached hydrogens (tertiary/aromatic N) is 1. The van der Waals surface area contributed by atoms with Gasteiger partial charge in [-0.15, -0.1) is 0 Å². The predicted octanol–water partition coefficient (Wildman–Crippen LogP) is 2.68. The smallest absolute Gasteiger partial charge is 0.412 e. The Morgan fingerprint density at radius 3 is 3.00 bits per heavy atom. The monoisotopic (exact) mass is 256 g/mol. The molecule has 14 heavy (non-hydrogen) atoms. The predicted molar refractivity (Wildman–Crippen MR) is 53.4 cm³/mol. The van der Waals surface area contributed by atoms with Crippen molar-refractivity contribution in [2.24, 2.45) is 0 Å². The van der Waals surface area contributed by atoms with Crippen molar-refractivity contribution in [1.82, 2.24) is 4.98 Å². The number of rotatable bonds is 1. The lowest BCUT2D eigenvalue weighted by molar-refractivity contribution is 0.209. The van der Waals surface area contributed by atoms with Crippen LogP contribution in [0.4, 0.5) is 10.8 Å². The van der Waals surface area contributed by atoms with Gasteiger partial charge in [0.25, 0.3) is 0 Å². The number of oxazole rings is 1. The lowest BCUT2D eigenvalue weighted by Crippen LogP contribution is -2.06. The van der Waals surface area contributed by atoms with Crippen molar-refractivity contribution < 1.29 is 14.3 Å². The fraction of sp³-hybridized carbons (Fsp3) is 0. The molecule has 5 nitrogen and oxygen atoms in total. The Morgan fingerprint density at radius 2 is 2.36 bits per heavy atom. The minimum atomic E-state index is -1.20. The number of amides is 1. The van der Waals surface area contributed by atoms with Crippen LogP contribution in [0.1, 0.15) is 0 Å². The van der Waals surface area contributed by atoms with E-state index in [0.29, 0.717) is 11.1 Å². The number of carboxylic acid groups (broad SMARTS) is 1. The number of hydrogen-bond acceptors (Lipinski definition) is 3. The van der Waals surface area contributed by atoms with Gasteiger partial charge in [0.1, 0.15) is 5.52 Å². The molecule has 0 aliphatic heterocycles. The molecule has 0 unspecified atom stereocenters. The molecule has 0 fully saturated rings. The van der Waals surface area contributed by atoms with Gasteiger partial charge >= 0.3 is 12.1 Å². The SMILES string of the molecule is O=C(O)Nc1nc2c(Br)cccc2o1. The third-order valence-electron chi connectivity index (χ3n) is 1.58. The number of nitrogens with one attached hydrogen (secondary N) is 1. The van der Waals surface area contributed by atoms with Gasteiger partial charge in [0.05, 0.1) is 0 Å². The number of hydrogen-bond donors (Lipinski definition) is 2. The molecule has 0 saturated carbocycles. The number of anilines is 1. The van der Waals surface area contributed by atoms with Gasteiger partial charge in [-0.1, -0.05) is 6.07 Å². The summed E-state index contributed by atoms with van der Waals surface area (Å²) < 4.78 is 5.89. The molecule has 72 valence electrons. The molecule has 0 bridgehead atoms. The molecule has 0 spiro atoms. The van der Waals surface area contributed by atoms with Gasteiger partial charge in [-0.25, -0.2) is 10.1 Å². The van der Waals surface area contributed by atoms with Gasteiger partial charge in [-0.05, 0) is 28.1 Å². The Bertz CT molecular complexity index is 494. The highest BCUT2D eigenvalue weighted by molar-refractivity contribution is 9.10. The molecule has 1 aromatic carbocycles. The standard InChI is InChI=1S/C8H5BrN2O3/c9-4-2-1-3-5-6(4)10-7(14-5)11-8(12)13/h1-3H,(H,10,11)(H,12,13). The molecule has 2 rings (SSSR count). The zero-order chi connectivity index (χ0) is 10.1. The number of aromatic nitrogens is 1. The summed E-state index contributed by atoms with van der Waals surface area (Å²) in [7, 11) is 0. The van der Waals surface area contributed by atoms with E-state index < -0.39 is 6.09 Å². The van der Waals surface area contributed by atoms with Crippen molar-refractivity contribution in [2.75, 3.05) is 5.32 Å². The largest absolute Gasteiger partial charge is 0.465 e. The molecule has 6 heteroatoms. The van der Waals surface area contributed by atoms with Crippen LogP contribution in [0.3, 0.4) is 0 Å². The normalized spacial score (nSPS) is 10.4. The maximum absolute atomic E-state index is 10.3. The van der Waals surface area contributed by atoms with E-state index in [1.165, 1.54) is 0 Å². The van der Waals surface area contributed by atoms with Crippen LogP contribution in [0.5, 0.6) is 0 Å². The quantitative estimate of drug-likeness (QED) is 0.823. The molecular formula is C8H5BrN2O3. The van der Waals surface area contributed by atoms with Crippen molar-refractivity contribution in [3.05, 3.63) is 22.7 Å². The Labute approximate surface area is 86.9 Å². The average molecular weight is 257 g/mol. The second-order valence-electron chi connectivity index (χ2n) is 2.54. The van der Waals surface area contributed by atoms with Crippen molar-refractivity contribution in [2.45, 2.75) is 0 Å². The highest BCUT2D eigenvalue weighted by Gasteiger charge is 2.09. The lowest BCUT2D eigenvalue weighted by Gasteiger charge is -1.88. The van der Waals surface area contributed by atoms with Crippen LogP contribution in [0.25, 0.3) is 11.1 Å². The third kappa shape index (κ3) is 1.56. The molecule has 2 N–H and O–H groups in total. The second-order valence-corrected chi connectivity index (χ2v) is 3.39. The van der Waals surface area contributed by atoms with Gasteiger partial charge in [-0.3, -0.25) is 0 Å². The summed E-state index contributed by atoms with van der Waals surface area (Å²) in [6.45, 7) is 0. The first kappa shape index (κ1) is 9.01. The minimum absolute atomic E-state index is 0.0283. The van der Waals surface area contributed by atoms with E-state index in [4.69, 9.17) is 9.52 Å². The Kier molecular flexibility index (Phi) is 2.12. The molecule has 1 aromatic heterocycles. The minimum Gasteiger partial charge on any atom is -0.465 e. The van der Waals surface area contributed by atoms with Crippen LogP contribution in [-0.4, -0.2) is 16.2 Å². The van der Waals surface area contributed by atoms with E-state index in [-0.39, 0.29) is 6.01 Å². The molecule has 0 saturated heterocycles. The van der Waals surface area contributed by atoms with Gasteiger partial charge < -0.3 is 9.52 Å². The van der Waals surface area contributed by atoms with Crippen LogP contribution in [0.15, 0.2) is 27.1 Å². The van der Waals surface area contributed by atoms with Gasteiger partial charge in [0, 0.05) is 4.47 Å². The summed E-state index contributed by atoms with van der Waals surface area (Å²) in [6, 6.07) is 5.26. The topological polar surface area (TPSA) is 75.4 Å². The fourth-order valence-electron chi connectivity index (χ4n) is 1.06. The number of fused-ring (bicyclic) bond motifs is 1. The Hall–Kier alpha value is -1.56. The Balaban J connectivity index is 2.51. The van der Waals surface area contributed by atoms with Crippen LogP contribution in [0, 0.1) is 0 Å². The first-order valence-electron chi connectivity index (χ1n) is 3.72. The maximum atomic E-state index is 10.3. The maximum Gasteiger partial charge on any atom is 0.412 e. The van der Waals surface area contributed by atoms with Crippen molar-refractivity contribution in [1.29, 1.82) is 0 Å². The van der Waals surface area contributed by atoms with Crippen LogP contribution >= 0.6 is 15.9 Å². The molecule has 2 aromatic rings. The van der Waals surface area contributed by atoms with Gasteiger partial charge in [0.2, 0.25) is 0 Å². The van der Waals surface area contributed by atoms with E-state index in [2.05, 4.69) is 20.9 Å². The molecule has 0 aliphatic carbocycles. The Morgan fingerprint density at radius 1 is 1.57 bits per heavy atom. The summed E-state index contributed by atoms with van der Waals surface area (Å²) in [4.78, 5) is 14.3. The zero-order valence-corrected chi connectivity index (χ0v) is 8.41. The summed E-state index contributed by atoms with van der Waals surface area (Å²) in [5.41, 5.74) is 1.12. The lowest BCUT2D eigenvalue weighted by atomic mass is 10.3. The molecular weight excluding hydrogens is 252 g/mol. The first-order chi connectivity index (χ1) is 6.66. The van der Waals surface area contributed by atoms with Crippen molar-refractivity contribution in [3.8, 4) is 0 Å². The molecule has 1 heterocycles.